The molecule has 0 bridgehead atoms. The molecule has 0 aliphatic carbocycles. The Hall–Kier alpha value is -4.77. The molecule has 0 aromatic carbocycles. The summed E-state index contributed by atoms with van der Waals surface area (Å²) in [5, 5.41) is 36.2. The molecule has 2 saturated heterocycles. The number of aromatic amines is 1. The first-order chi connectivity index (χ1) is 23.6. The van der Waals surface area contributed by atoms with Crippen molar-refractivity contribution in [3.05, 3.63) is 23.0 Å². The lowest BCUT2D eigenvalue weighted by molar-refractivity contribution is -0.144. The third-order valence-electron chi connectivity index (χ3n) is 9.14. The highest BCUT2D eigenvalue weighted by Gasteiger charge is 2.48. The number of ether oxygens (including phenoxy) is 1. The number of amides is 1. The van der Waals surface area contributed by atoms with Gasteiger partial charge in [0.2, 0.25) is 5.95 Å². The number of aliphatic carboxylic acids is 1. The van der Waals surface area contributed by atoms with Gasteiger partial charge in [0.25, 0.3) is 11.5 Å². The van der Waals surface area contributed by atoms with Crippen LogP contribution in [0.25, 0.3) is 11.2 Å². The number of nitrogens with zero attached hydrogens (tertiary/aromatic N) is 7. The number of carbonyl (C=O) groups excluding carboxylic acids is 1. The number of aliphatic hydroxyl groups is 2. The van der Waals surface area contributed by atoms with Gasteiger partial charge in [-0.25, -0.2) is 28.4 Å². The van der Waals surface area contributed by atoms with E-state index in [-0.39, 0.29) is 72.6 Å². The molecule has 50 heavy (non-hydrogen) atoms. The highest BCUT2D eigenvalue weighted by atomic mass is 32.2. The van der Waals surface area contributed by atoms with Crippen molar-refractivity contribution in [3.8, 4) is 0 Å². The van der Waals surface area contributed by atoms with Crippen LogP contribution in [-0.2, 0) is 24.2 Å². The Labute approximate surface area is 284 Å². The number of fused-ring (bicyclic) bond motifs is 2. The van der Waals surface area contributed by atoms with E-state index in [1.807, 2.05) is 0 Å². The molecule has 2 fully saturated rings. The summed E-state index contributed by atoms with van der Waals surface area (Å²) in [7, 11) is -4.01. The Balaban J connectivity index is 1.04. The molecule has 0 saturated carbocycles. The summed E-state index contributed by atoms with van der Waals surface area (Å²) in [4.78, 5) is 61.9. The fourth-order valence-electron chi connectivity index (χ4n) is 6.53. The van der Waals surface area contributed by atoms with E-state index in [2.05, 4.69) is 40.5 Å². The van der Waals surface area contributed by atoms with Crippen LogP contribution in [0, 0.1) is 0 Å². The number of aliphatic imine (C=N–C) groups is 1. The summed E-state index contributed by atoms with van der Waals surface area (Å²) in [6.45, 7) is 3.92. The van der Waals surface area contributed by atoms with Crippen LogP contribution >= 0.6 is 0 Å². The second kappa shape index (κ2) is 13.2. The van der Waals surface area contributed by atoms with Gasteiger partial charge in [-0.05, 0) is 33.1 Å². The number of rotatable bonds is 10. The summed E-state index contributed by atoms with van der Waals surface area (Å²) in [6, 6.07) is -1.12. The Bertz CT molecular complexity index is 2020. The number of carbonyl (C=O) groups is 2. The van der Waals surface area contributed by atoms with Gasteiger partial charge in [0.1, 0.15) is 41.9 Å². The van der Waals surface area contributed by atoms with Crippen molar-refractivity contribution in [2.24, 2.45) is 4.99 Å². The van der Waals surface area contributed by atoms with E-state index in [9.17, 15) is 38.1 Å². The first-order valence-electron chi connectivity index (χ1n) is 15.8. The predicted molar refractivity (Wildman–Crippen MR) is 177 cm³/mol. The van der Waals surface area contributed by atoms with Crippen LogP contribution in [0.4, 0.5) is 23.3 Å². The zero-order chi connectivity index (χ0) is 36.1. The fraction of sp³-hybridized carbons (Fsp3) is 0.571. The van der Waals surface area contributed by atoms with E-state index in [4.69, 9.17) is 16.2 Å². The van der Waals surface area contributed by atoms with Gasteiger partial charge in [-0.1, -0.05) is 0 Å². The largest absolute Gasteiger partial charge is 0.480 e. The zero-order valence-electron chi connectivity index (χ0n) is 27.1. The number of aliphatic hydroxyl groups excluding tert-OH is 2. The van der Waals surface area contributed by atoms with Crippen molar-refractivity contribution in [3.63, 3.8) is 0 Å². The minimum absolute atomic E-state index is 0.0451. The maximum atomic E-state index is 13.5. The number of likely N-dealkylation sites (tertiary alicyclic amines) is 1. The number of anilines is 3. The number of carboxylic acid groups (broad SMARTS) is 1. The minimum Gasteiger partial charge on any atom is -0.480 e. The van der Waals surface area contributed by atoms with Gasteiger partial charge in [0, 0.05) is 19.6 Å². The van der Waals surface area contributed by atoms with Gasteiger partial charge < -0.3 is 42.2 Å². The van der Waals surface area contributed by atoms with Crippen molar-refractivity contribution in [1.82, 2.24) is 39.7 Å². The van der Waals surface area contributed by atoms with Gasteiger partial charge in [0.15, 0.2) is 39.0 Å². The van der Waals surface area contributed by atoms with E-state index in [0.717, 1.165) is 0 Å². The number of hydrogen-bond acceptors (Lipinski definition) is 17. The van der Waals surface area contributed by atoms with Crippen molar-refractivity contribution in [2.75, 3.05) is 42.2 Å². The Kier molecular flexibility index (Phi) is 9.24. The third kappa shape index (κ3) is 6.58. The van der Waals surface area contributed by atoms with Gasteiger partial charge in [0.05, 0.1) is 22.9 Å². The summed E-state index contributed by atoms with van der Waals surface area (Å²) in [5.41, 5.74) is 10.3. The summed E-state index contributed by atoms with van der Waals surface area (Å²) in [6.07, 6.45) is -2.85. The molecule has 3 aliphatic heterocycles. The molecule has 3 aromatic heterocycles. The van der Waals surface area contributed by atoms with E-state index < -0.39 is 74.4 Å². The van der Waals surface area contributed by atoms with Crippen LogP contribution in [0.2, 0.25) is 0 Å². The molecule has 3 aromatic rings. The average molecular weight is 719 g/mol. The summed E-state index contributed by atoms with van der Waals surface area (Å²) >= 11 is 0. The van der Waals surface area contributed by atoms with Crippen molar-refractivity contribution in [2.45, 2.75) is 74.5 Å². The van der Waals surface area contributed by atoms with E-state index >= 15 is 0 Å². The summed E-state index contributed by atoms with van der Waals surface area (Å²) in [5.74, 6) is -2.24. The fourth-order valence-corrected chi connectivity index (χ4v) is 8.48. The molecule has 6 heterocycles. The molecule has 3 unspecified atom stereocenters. The lowest BCUT2D eigenvalue weighted by Gasteiger charge is -2.37. The van der Waals surface area contributed by atoms with E-state index in [1.165, 1.54) is 17.2 Å². The monoisotopic (exact) mass is 718 g/mol. The number of H-pyrrole nitrogens is 1. The maximum absolute atomic E-state index is 13.5. The third-order valence-corrected chi connectivity index (χ3v) is 11.4. The number of nitrogens with one attached hydrogen (secondary N) is 3. The molecular weight excluding hydrogens is 680 g/mol. The second-order valence-corrected chi connectivity index (χ2v) is 15.3. The summed E-state index contributed by atoms with van der Waals surface area (Å²) < 4.78 is 34.2. The van der Waals surface area contributed by atoms with Crippen molar-refractivity contribution >= 4 is 61.9 Å². The number of piperidine rings is 1. The Morgan fingerprint density at radius 1 is 1.18 bits per heavy atom. The maximum Gasteiger partial charge on any atom is 0.320 e. The number of nitrogens with two attached hydrogens (primary N) is 2. The molecule has 6 rings (SSSR count). The van der Waals surface area contributed by atoms with Crippen LogP contribution < -0.4 is 27.7 Å². The van der Waals surface area contributed by atoms with E-state index in [1.54, 1.807) is 18.7 Å². The molecule has 21 nitrogen and oxygen atoms in total. The number of hydrogen-bond donors (Lipinski definition) is 8. The van der Waals surface area contributed by atoms with Crippen LogP contribution in [0.5, 0.6) is 0 Å². The molecule has 10 N–H and O–H groups in total. The first kappa shape index (κ1) is 35.1. The first-order valence-corrected chi connectivity index (χ1v) is 17.5. The normalized spacial score (nSPS) is 26.6. The van der Waals surface area contributed by atoms with Gasteiger partial charge in [-0.3, -0.25) is 28.8 Å². The van der Waals surface area contributed by atoms with Crippen LogP contribution in [-0.4, -0.2) is 136 Å². The van der Waals surface area contributed by atoms with Crippen LogP contribution in [0.15, 0.2) is 22.4 Å². The number of nitrogen functional groups attached to an aromatic ring is 2. The van der Waals surface area contributed by atoms with Crippen molar-refractivity contribution in [1.29, 1.82) is 0 Å². The lowest BCUT2D eigenvalue weighted by atomic mass is 9.95. The molecule has 270 valence electrons. The SMILES string of the molecule is CC1(C)Nc2nc(N)[nH]c(=O)c2N=C1C(=O)NCCCN1CCC(S(=O)(=O)C[C@H]2O[C@@H](n3cnc4c(N)ncnc43)[C@@H](O)C2O)CC1C(=O)O. The number of carboxylic acids is 1. The lowest BCUT2D eigenvalue weighted by Crippen LogP contribution is -2.52. The number of aromatic nitrogens is 6. The van der Waals surface area contributed by atoms with Crippen molar-refractivity contribution < 1.29 is 38.1 Å². The van der Waals surface area contributed by atoms with Crippen LogP contribution in [0.3, 0.4) is 0 Å². The molecule has 0 spiro atoms. The van der Waals surface area contributed by atoms with Gasteiger partial charge in [-0.2, -0.15) is 4.98 Å². The smallest absolute Gasteiger partial charge is 0.320 e. The van der Waals surface area contributed by atoms with Crippen LogP contribution in [0.1, 0.15) is 39.3 Å². The second-order valence-electron chi connectivity index (χ2n) is 13.0. The molecule has 6 atom stereocenters. The number of sulfone groups is 1. The van der Waals surface area contributed by atoms with Gasteiger partial charge in [-0.15, -0.1) is 0 Å². The average Bonchev–Trinajstić information content (AvgIpc) is 3.59. The Morgan fingerprint density at radius 2 is 1.94 bits per heavy atom. The topological polar surface area (TPSA) is 319 Å². The molecule has 3 aliphatic rings. The number of imidazole rings is 1. The highest BCUT2D eigenvalue weighted by molar-refractivity contribution is 7.92. The highest BCUT2D eigenvalue weighted by Crippen LogP contribution is 2.34. The van der Waals surface area contributed by atoms with Gasteiger partial charge >= 0.3 is 5.97 Å². The molecule has 1 amide bonds. The standard InChI is InChI=1S/C28H38N12O9S/c1-28(2)19(35-16-21(38-28)36-27(30)37-23(16)43)24(44)31-5-3-6-39-7-4-12(8-13(39)26(45)46)50(47,48)9-14-17(41)18(42)25(49-14)40-11-34-15-20(29)32-10-33-22(15)40/h10-14,17-18,25,41-42H,3-9H2,1-2H3,(H,31,44)(H,45,46)(H2,29,32,33)(H4,30,36,37,38,43)/t12?,13?,14-,17?,18+,25-/m1/s1. The predicted octanol–water partition coefficient (Wildman–Crippen LogP) is -2.49. The quantitative estimate of drug-likeness (QED) is 0.101. The Morgan fingerprint density at radius 3 is 2.68 bits per heavy atom. The molecule has 22 heteroatoms. The molecule has 0 radical (unpaired) electrons. The minimum atomic E-state index is -4.01. The van der Waals surface area contributed by atoms with E-state index in [0.29, 0.717) is 6.42 Å². The zero-order valence-corrected chi connectivity index (χ0v) is 27.9. The molecular formula is C28H38N12O9S.